The van der Waals surface area contributed by atoms with Crippen LogP contribution in [0.1, 0.15) is 40.9 Å². The molecule has 0 aliphatic carbocycles. The normalized spacial score (nSPS) is 12.3. The molecule has 0 saturated heterocycles. The largest absolute Gasteiger partial charge is 0.377 e. The number of halogens is 1. The first-order valence-corrected chi connectivity index (χ1v) is 7.23. The Hall–Kier alpha value is -1.54. The lowest BCUT2D eigenvalue weighted by molar-refractivity contribution is 0.857. The second kappa shape index (κ2) is 5.84. The first-order chi connectivity index (χ1) is 9.38. The minimum absolute atomic E-state index is 0.234. The van der Waals surface area contributed by atoms with Crippen LogP contribution in [-0.4, -0.2) is 4.98 Å². The van der Waals surface area contributed by atoms with Gasteiger partial charge in [0.25, 0.3) is 0 Å². The number of aromatic nitrogens is 1. The van der Waals surface area contributed by atoms with Gasteiger partial charge in [0, 0.05) is 6.04 Å². The van der Waals surface area contributed by atoms with Crippen molar-refractivity contribution in [2.24, 2.45) is 0 Å². The highest BCUT2D eigenvalue weighted by Crippen LogP contribution is 2.27. The van der Waals surface area contributed by atoms with Crippen molar-refractivity contribution < 1.29 is 0 Å². The van der Waals surface area contributed by atoms with E-state index >= 15 is 0 Å². The number of anilines is 1. The van der Waals surface area contributed by atoms with Crippen LogP contribution in [0.25, 0.3) is 0 Å². The van der Waals surface area contributed by atoms with E-state index in [1.54, 1.807) is 0 Å². The molecule has 0 radical (unpaired) electrons. The maximum Gasteiger partial charge on any atom is 0.129 e. The molecule has 20 heavy (non-hydrogen) atoms. The van der Waals surface area contributed by atoms with Crippen molar-refractivity contribution in [2.45, 2.75) is 40.7 Å². The molecule has 0 aliphatic rings. The lowest BCUT2D eigenvalue weighted by Gasteiger charge is -2.21. The molecule has 1 aromatic heterocycles. The predicted octanol–water partition coefficient (Wildman–Crippen LogP) is 5.14. The highest BCUT2D eigenvalue weighted by Gasteiger charge is 2.13. The summed E-state index contributed by atoms with van der Waals surface area (Å²) in [5, 5.41) is 4.06. The molecule has 0 aliphatic heterocycles. The van der Waals surface area contributed by atoms with E-state index < -0.39 is 0 Å². The fraction of sp³-hybridized carbons (Fsp3) is 0.353. The molecule has 0 fully saturated rings. The monoisotopic (exact) mass is 288 g/mol. The number of aryl methyl sites for hydroxylation is 4. The quantitative estimate of drug-likeness (QED) is 0.791. The number of hydrogen-bond donors (Lipinski definition) is 1. The second-order valence-electron chi connectivity index (χ2n) is 5.45. The second-order valence-corrected chi connectivity index (χ2v) is 5.83. The van der Waals surface area contributed by atoms with Crippen molar-refractivity contribution in [2.75, 3.05) is 5.32 Å². The molecular weight excluding hydrogens is 268 g/mol. The van der Waals surface area contributed by atoms with Gasteiger partial charge in [0.15, 0.2) is 0 Å². The van der Waals surface area contributed by atoms with E-state index in [0.717, 1.165) is 11.4 Å². The summed E-state index contributed by atoms with van der Waals surface area (Å²) in [5.41, 5.74) is 7.25. The zero-order valence-corrected chi connectivity index (χ0v) is 13.5. The van der Waals surface area contributed by atoms with E-state index in [4.69, 9.17) is 11.6 Å². The Labute approximate surface area is 126 Å². The van der Waals surface area contributed by atoms with Gasteiger partial charge in [0.2, 0.25) is 0 Å². The third-order valence-electron chi connectivity index (χ3n) is 3.59. The summed E-state index contributed by atoms with van der Waals surface area (Å²) < 4.78 is 0. The molecule has 1 heterocycles. The van der Waals surface area contributed by atoms with Gasteiger partial charge in [-0.05, 0) is 63.4 Å². The van der Waals surface area contributed by atoms with Crippen molar-refractivity contribution in [1.29, 1.82) is 0 Å². The molecule has 1 N–H and O–H groups in total. The lowest BCUT2D eigenvalue weighted by Crippen LogP contribution is -2.11. The number of nitrogens with zero attached hydrogens (tertiary/aromatic N) is 1. The molecular formula is C17H21ClN2. The maximum absolute atomic E-state index is 5.90. The number of pyridine rings is 1. The zero-order valence-electron chi connectivity index (χ0n) is 12.7. The molecule has 2 nitrogen and oxygen atoms in total. The molecule has 0 bridgehead atoms. The standard InChI is InChI=1S/C17H21ClN2/c1-10-8-11(2)17(12(3)9-10)14(5)19-15-6-7-16(18)20-13(15)4/h6-9,14,19H,1-5H3. The Morgan fingerprint density at radius 3 is 2.20 bits per heavy atom. The number of rotatable bonds is 3. The summed E-state index contributed by atoms with van der Waals surface area (Å²) in [6.45, 7) is 10.6. The molecule has 1 unspecified atom stereocenters. The number of benzene rings is 1. The maximum atomic E-state index is 5.90. The fourth-order valence-corrected chi connectivity index (χ4v) is 3.05. The first-order valence-electron chi connectivity index (χ1n) is 6.86. The Balaban J connectivity index is 2.31. The third-order valence-corrected chi connectivity index (χ3v) is 3.81. The van der Waals surface area contributed by atoms with Crippen molar-refractivity contribution in [1.82, 2.24) is 4.98 Å². The average molecular weight is 289 g/mol. The molecule has 0 saturated carbocycles. The van der Waals surface area contributed by atoms with Gasteiger partial charge in [0.05, 0.1) is 11.4 Å². The van der Waals surface area contributed by atoms with Crippen LogP contribution in [0.4, 0.5) is 5.69 Å². The van der Waals surface area contributed by atoms with Gasteiger partial charge >= 0.3 is 0 Å². The molecule has 2 rings (SSSR count). The van der Waals surface area contributed by atoms with Crippen LogP contribution < -0.4 is 5.32 Å². The molecule has 2 aromatic rings. The van der Waals surface area contributed by atoms with Crippen molar-refractivity contribution in [3.05, 3.63) is 57.4 Å². The van der Waals surface area contributed by atoms with Crippen LogP contribution in [0.2, 0.25) is 5.15 Å². The summed E-state index contributed by atoms with van der Waals surface area (Å²) >= 11 is 5.90. The van der Waals surface area contributed by atoms with E-state index in [0.29, 0.717) is 5.15 Å². The van der Waals surface area contributed by atoms with E-state index in [2.05, 4.69) is 50.1 Å². The van der Waals surface area contributed by atoms with Gasteiger partial charge < -0.3 is 5.32 Å². The molecule has 0 spiro atoms. The highest BCUT2D eigenvalue weighted by molar-refractivity contribution is 6.29. The van der Waals surface area contributed by atoms with E-state index in [-0.39, 0.29) is 6.04 Å². The molecule has 1 atom stereocenters. The fourth-order valence-electron chi connectivity index (χ4n) is 2.86. The van der Waals surface area contributed by atoms with Gasteiger partial charge in [0.1, 0.15) is 5.15 Å². The molecule has 1 aromatic carbocycles. The first kappa shape index (κ1) is 14.9. The minimum atomic E-state index is 0.234. The van der Waals surface area contributed by atoms with Crippen molar-refractivity contribution >= 4 is 17.3 Å². The summed E-state index contributed by atoms with van der Waals surface area (Å²) in [6, 6.07) is 8.50. The molecule has 3 heteroatoms. The van der Waals surface area contributed by atoms with Crippen LogP contribution in [0, 0.1) is 27.7 Å². The van der Waals surface area contributed by atoms with Crippen LogP contribution in [0.15, 0.2) is 24.3 Å². The topological polar surface area (TPSA) is 24.9 Å². The van der Waals surface area contributed by atoms with Crippen LogP contribution in [-0.2, 0) is 0 Å². The van der Waals surface area contributed by atoms with Crippen LogP contribution in [0.3, 0.4) is 0 Å². The average Bonchev–Trinajstić information content (AvgIpc) is 2.31. The Morgan fingerprint density at radius 1 is 1.05 bits per heavy atom. The van der Waals surface area contributed by atoms with Gasteiger partial charge in [-0.15, -0.1) is 0 Å². The van der Waals surface area contributed by atoms with Gasteiger partial charge in [-0.2, -0.15) is 0 Å². The molecule has 106 valence electrons. The SMILES string of the molecule is Cc1cc(C)c(C(C)Nc2ccc(Cl)nc2C)c(C)c1. The van der Waals surface area contributed by atoms with Crippen molar-refractivity contribution in [3.8, 4) is 0 Å². The Bertz CT molecular complexity index is 612. The third kappa shape index (κ3) is 3.13. The van der Waals surface area contributed by atoms with Crippen LogP contribution >= 0.6 is 11.6 Å². The van der Waals surface area contributed by atoms with Gasteiger partial charge in [-0.3, -0.25) is 0 Å². The summed E-state index contributed by atoms with van der Waals surface area (Å²) in [4.78, 5) is 4.28. The molecule has 0 amide bonds. The smallest absolute Gasteiger partial charge is 0.129 e. The predicted molar refractivity (Wildman–Crippen MR) is 86.7 cm³/mol. The zero-order chi connectivity index (χ0) is 14.9. The lowest BCUT2D eigenvalue weighted by atomic mass is 9.94. The summed E-state index contributed by atoms with van der Waals surface area (Å²) in [7, 11) is 0. The highest BCUT2D eigenvalue weighted by atomic mass is 35.5. The number of hydrogen-bond acceptors (Lipinski definition) is 2. The van der Waals surface area contributed by atoms with Crippen LogP contribution in [0.5, 0.6) is 0 Å². The summed E-state index contributed by atoms with van der Waals surface area (Å²) in [6.07, 6.45) is 0. The Morgan fingerprint density at radius 2 is 1.65 bits per heavy atom. The number of nitrogens with one attached hydrogen (secondary N) is 1. The van der Waals surface area contributed by atoms with E-state index in [9.17, 15) is 0 Å². The Kier molecular flexibility index (Phi) is 4.34. The van der Waals surface area contributed by atoms with Gasteiger partial charge in [-0.1, -0.05) is 29.3 Å². The van der Waals surface area contributed by atoms with Crippen molar-refractivity contribution in [3.63, 3.8) is 0 Å². The van der Waals surface area contributed by atoms with E-state index in [1.165, 1.54) is 22.3 Å². The van der Waals surface area contributed by atoms with E-state index in [1.807, 2.05) is 19.1 Å². The minimum Gasteiger partial charge on any atom is -0.377 e. The summed E-state index contributed by atoms with van der Waals surface area (Å²) in [5.74, 6) is 0. The van der Waals surface area contributed by atoms with Gasteiger partial charge in [-0.25, -0.2) is 4.98 Å².